The second kappa shape index (κ2) is 8.82. The second-order valence-electron chi connectivity index (χ2n) is 4.08. The molecule has 19 heavy (non-hydrogen) atoms. The highest BCUT2D eigenvalue weighted by Crippen LogP contribution is 2.26. The standard InChI is InChI=1S/C14H21NO3S/c1-3-4-9-18-10-8-15-11-6-5-7-12(19-2)13(11)14(16)17/h5-7,15H,3-4,8-10H2,1-2H3,(H,16,17). The van der Waals surface area contributed by atoms with Gasteiger partial charge in [-0.2, -0.15) is 0 Å². The van der Waals surface area contributed by atoms with Gasteiger partial charge in [-0.3, -0.25) is 0 Å². The highest BCUT2D eigenvalue weighted by molar-refractivity contribution is 7.98. The fraction of sp³-hybridized carbons (Fsp3) is 0.500. The first-order valence-electron chi connectivity index (χ1n) is 6.42. The monoisotopic (exact) mass is 283 g/mol. The van der Waals surface area contributed by atoms with Gasteiger partial charge in [-0.1, -0.05) is 19.4 Å². The molecule has 0 aliphatic carbocycles. The molecule has 0 unspecified atom stereocenters. The molecule has 106 valence electrons. The molecule has 0 spiro atoms. The van der Waals surface area contributed by atoms with Crippen LogP contribution in [0, 0.1) is 0 Å². The molecule has 0 saturated heterocycles. The lowest BCUT2D eigenvalue weighted by atomic mass is 10.2. The molecule has 0 radical (unpaired) electrons. The van der Waals surface area contributed by atoms with Gasteiger partial charge >= 0.3 is 5.97 Å². The quantitative estimate of drug-likeness (QED) is 0.538. The smallest absolute Gasteiger partial charge is 0.338 e. The van der Waals surface area contributed by atoms with E-state index < -0.39 is 5.97 Å². The first-order chi connectivity index (χ1) is 9.20. The molecule has 5 heteroatoms. The topological polar surface area (TPSA) is 58.6 Å². The zero-order chi connectivity index (χ0) is 14.1. The third-order valence-electron chi connectivity index (χ3n) is 2.66. The number of aromatic carboxylic acids is 1. The Morgan fingerprint density at radius 3 is 2.84 bits per heavy atom. The summed E-state index contributed by atoms with van der Waals surface area (Å²) in [5.74, 6) is -0.903. The van der Waals surface area contributed by atoms with Crippen molar-refractivity contribution in [2.75, 3.05) is 31.3 Å². The van der Waals surface area contributed by atoms with E-state index in [2.05, 4.69) is 12.2 Å². The molecule has 1 aromatic carbocycles. The number of nitrogens with one attached hydrogen (secondary N) is 1. The number of hydrogen-bond acceptors (Lipinski definition) is 4. The zero-order valence-corrected chi connectivity index (χ0v) is 12.3. The molecule has 0 aliphatic heterocycles. The van der Waals surface area contributed by atoms with Crippen molar-refractivity contribution >= 4 is 23.4 Å². The third kappa shape index (κ3) is 5.12. The minimum absolute atomic E-state index is 0.337. The number of rotatable bonds is 9. The van der Waals surface area contributed by atoms with E-state index in [0.717, 1.165) is 24.3 Å². The van der Waals surface area contributed by atoms with Gasteiger partial charge in [-0.05, 0) is 24.8 Å². The summed E-state index contributed by atoms with van der Waals surface area (Å²) in [5.41, 5.74) is 0.988. The fourth-order valence-electron chi connectivity index (χ4n) is 1.68. The predicted octanol–water partition coefficient (Wildman–Crippen LogP) is 3.34. The average molecular weight is 283 g/mol. The van der Waals surface area contributed by atoms with E-state index in [9.17, 15) is 9.90 Å². The molecule has 0 aliphatic rings. The van der Waals surface area contributed by atoms with Gasteiger partial charge in [-0.25, -0.2) is 4.79 Å². The fourth-order valence-corrected chi connectivity index (χ4v) is 2.29. The molecule has 1 rings (SSSR count). The highest BCUT2D eigenvalue weighted by Gasteiger charge is 2.14. The molecular formula is C14H21NO3S. The third-order valence-corrected chi connectivity index (χ3v) is 3.44. The van der Waals surface area contributed by atoms with Crippen LogP contribution in [-0.2, 0) is 4.74 Å². The average Bonchev–Trinajstić information content (AvgIpc) is 2.42. The van der Waals surface area contributed by atoms with Gasteiger partial charge in [0.05, 0.1) is 12.2 Å². The Kier molecular flexibility index (Phi) is 7.36. The number of carboxylic acid groups (broad SMARTS) is 1. The van der Waals surface area contributed by atoms with Gasteiger partial charge in [0.1, 0.15) is 0 Å². The van der Waals surface area contributed by atoms with Crippen molar-refractivity contribution in [3.63, 3.8) is 0 Å². The first-order valence-corrected chi connectivity index (χ1v) is 7.65. The van der Waals surface area contributed by atoms with Crippen LogP contribution in [0.5, 0.6) is 0 Å². The van der Waals surface area contributed by atoms with E-state index in [0.29, 0.717) is 24.4 Å². The Morgan fingerprint density at radius 2 is 2.21 bits per heavy atom. The number of unbranched alkanes of at least 4 members (excludes halogenated alkanes) is 1. The summed E-state index contributed by atoms with van der Waals surface area (Å²) in [6.45, 7) is 4.08. The van der Waals surface area contributed by atoms with Crippen LogP contribution in [-0.4, -0.2) is 37.1 Å². The van der Waals surface area contributed by atoms with Crippen molar-refractivity contribution in [3.05, 3.63) is 23.8 Å². The Labute approximate surface area is 118 Å². The molecule has 1 aromatic rings. The van der Waals surface area contributed by atoms with Crippen molar-refractivity contribution in [1.29, 1.82) is 0 Å². The molecule has 4 nitrogen and oxygen atoms in total. The minimum Gasteiger partial charge on any atom is -0.478 e. The van der Waals surface area contributed by atoms with Crippen LogP contribution in [0.3, 0.4) is 0 Å². The number of hydrogen-bond donors (Lipinski definition) is 2. The minimum atomic E-state index is -0.903. The second-order valence-corrected chi connectivity index (χ2v) is 4.93. The maximum absolute atomic E-state index is 11.3. The summed E-state index contributed by atoms with van der Waals surface area (Å²) in [4.78, 5) is 12.1. The number of ether oxygens (including phenoxy) is 1. The number of carbonyl (C=O) groups is 1. The molecule has 2 N–H and O–H groups in total. The van der Waals surface area contributed by atoms with Crippen LogP contribution in [0.15, 0.2) is 23.1 Å². The predicted molar refractivity (Wildman–Crippen MR) is 79.4 cm³/mol. The van der Waals surface area contributed by atoms with Gasteiger partial charge < -0.3 is 15.2 Å². The number of carboxylic acids is 1. The highest BCUT2D eigenvalue weighted by atomic mass is 32.2. The maximum Gasteiger partial charge on any atom is 0.338 e. The van der Waals surface area contributed by atoms with Gasteiger partial charge in [0.15, 0.2) is 0 Å². The number of anilines is 1. The zero-order valence-electron chi connectivity index (χ0n) is 11.4. The SMILES string of the molecule is CCCCOCCNc1cccc(SC)c1C(=O)O. The maximum atomic E-state index is 11.3. The van der Waals surface area contributed by atoms with Crippen LogP contribution in [0.2, 0.25) is 0 Å². The Hall–Kier alpha value is -1.20. The molecule has 0 heterocycles. The van der Waals surface area contributed by atoms with Crippen molar-refractivity contribution < 1.29 is 14.6 Å². The van der Waals surface area contributed by atoms with E-state index in [-0.39, 0.29) is 0 Å². The van der Waals surface area contributed by atoms with Crippen molar-refractivity contribution in [1.82, 2.24) is 0 Å². The van der Waals surface area contributed by atoms with Crippen LogP contribution in [0.1, 0.15) is 30.1 Å². The van der Waals surface area contributed by atoms with E-state index >= 15 is 0 Å². The van der Waals surface area contributed by atoms with Gasteiger partial charge in [0.25, 0.3) is 0 Å². The molecule has 0 fully saturated rings. The summed E-state index contributed by atoms with van der Waals surface area (Å²) >= 11 is 1.44. The summed E-state index contributed by atoms with van der Waals surface area (Å²) < 4.78 is 5.44. The summed E-state index contributed by atoms with van der Waals surface area (Å²) in [7, 11) is 0. The van der Waals surface area contributed by atoms with Crippen LogP contribution < -0.4 is 5.32 Å². The lowest BCUT2D eigenvalue weighted by Gasteiger charge is -2.12. The Morgan fingerprint density at radius 1 is 1.42 bits per heavy atom. The molecule has 0 saturated carbocycles. The van der Waals surface area contributed by atoms with Crippen molar-refractivity contribution in [2.24, 2.45) is 0 Å². The van der Waals surface area contributed by atoms with E-state index in [1.54, 1.807) is 6.07 Å². The van der Waals surface area contributed by atoms with E-state index in [1.807, 2.05) is 18.4 Å². The molecule has 0 bridgehead atoms. The first kappa shape index (κ1) is 15.9. The van der Waals surface area contributed by atoms with Crippen LogP contribution >= 0.6 is 11.8 Å². The summed E-state index contributed by atoms with van der Waals surface area (Å²) in [6, 6.07) is 5.46. The number of thioether (sulfide) groups is 1. The molecular weight excluding hydrogens is 262 g/mol. The van der Waals surface area contributed by atoms with Crippen molar-refractivity contribution in [3.8, 4) is 0 Å². The normalized spacial score (nSPS) is 10.4. The van der Waals surface area contributed by atoms with E-state index in [4.69, 9.17) is 4.74 Å². The molecule has 0 amide bonds. The Balaban J connectivity index is 2.55. The van der Waals surface area contributed by atoms with Gasteiger partial charge in [0, 0.05) is 23.7 Å². The van der Waals surface area contributed by atoms with Gasteiger partial charge in [0.2, 0.25) is 0 Å². The van der Waals surface area contributed by atoms with E-state index in [1.165, 1.54) is 11.8 Å². The lowest BCUT2D eigenvalue weighted by molar-refractivity contribution is 0.0694. The summed E-state index contributed by atoms with van der Waals surface area (Å²) in [6.07, 6.45) is 4.05. The van der Waals surface area contributed by atoms with Crippen LogP contribution in [0.25, 0.3) is 0 Å². The summed E-state index contributed by atoms with van der Waals surface area (Å²) in [5, 5.41) is 12.4. The van der Waals surface area contributed by atoms with Gasteiger partial charge in [-0.15, -0.1) is 11.8 Å². The van der Waals surface area contributed by atoms with Crippen molar-refractivity contribution in [2.45, 2.75) is 24.7 Å². The molecule has 0 atom stereocenters. The van der Waals surface area contributed by atoms with Crippen LogP contribution in [0.4, 0.5) is 5.69 Å². The largest absolute Gasteiger partial charge is 0.478 e. The molecule has 0 aromatic heterocycles. The number of benzene rings is 1. The lowest BCUT2D eigenvalue weighted by Crippen LogP contribution is -2.13. The Bertz CT molecular complexity index is 410.